The smallest absolute Gasteiger partial charge is 0.252 e. The van der Waals surface area contributed by atoms with Gasteiger partial charge in [0, 0.05) is 43.1 Å². The van der Waals surface area contributed by atoms with Crippen molar-refractivity contribution >= 4 is 29.2 Å². The predicted molar refractivity (Wildman–Crippen MR) is 139 cm³/mol. The summed E-state index contributed by atoms with van der Waals surface area (Å²) in [6, 6.07) is 7.19. The number of anilines is 2. The number of amides is 3. The lowest BCUT2D eigenvalue weighted by Crippen LogP contribution is -2.56. The fourth-order valence-corrected chi connectivity index (χ4v) is 5.20. The predicted octanol–water partition coefficient (Wildman–Crippen LogP) is 4.55. The Bertz CT molecular complexity index is 1580. The Morgan fingerprint density at radius 3 is 2.40 bits per heavy atom. The number of carbonyl (C=O) groups is 3. The van der Waals surface area contributed by atoms with E-state index in [1.807, 2.05) is 6.07 Å². The second-order valence-electron chi connectivity index (χ2n) is 10.1. The van der Waals surface area contributed by atoms with Gasteiger partial charge in [-0.05, 0) is 36.8 Å². The molecule has 2 fully saturated rings. The van der Waals surface area contributed by atoms with Gasteiger partial charge in [-0.3, -0.25) is 24.2 Å². The zero-order valence-electron chi connectivity index (χ0n) is 21.7. The topological polar surface area (TPSA) is 106 Å². The number of alkyl halides is 2. The van der Waals surface area contributed by atoms with E-state index in [-0.39, 0.29) is 29.8 Å². The molecule has 1 aliphatic carbocycles. The third-order valence-corrected chi connectivity index (χ3v) is 7.12. The van der Waals surface area contributed by atoms with Crippen molar-refractivity contribution in [2.45, 2.75) is 49.7 Å². The van der Waals surface area contributed by atoms with E-state index in [4.69, 9.17) is 0 Å². The number of carbonyl (C=O) groups excluding carboxylic acids is 3. The van der Waals surface area contributed by atoms with Gasteiger partial charge in [0.05, 0.1) is 17.3 Å². The van der Waals surface area contributed by atoms with Crippen molar-refractivity contribution in [3.8, 4) is 6.07 Å². The fraction of sp³-hybridized carbons (Fsp3) is 0.276. The van der Waals surface area contributed by atoms with Crippen LogP contribution in [0.15, 0.2) is 60.8 Å². The van der Waals surface area contributed by atoms with Gasteiger partial charge in [-0.1, -0.05) is 18.2 Å². The summed E-state index contributed by atoms with van der Waals surface area (Å²) in [5.41, 5.74) is -0.715. The van der Waals surface area contributed by atoms with Crippen molar-refractivity contribution in [3.05, 3.63) is 89.4 Å². The molecular formula is C29H22F5N5O3. The molecular weight excluding hydrogens is 561 g/mol. The van der Waals surface area contributed by atoms with Crippen LogP contribution in [0.25, 0.3) is 0 Å². The number of pyridine rings is 1. The summed E-state index contributed by atoms with van der Waals surface area (Å²) < 4.78 is 71.3. The molecule has 0 spiro atoms. The Morgan fingerprint density at radius 2 is 1.76 bits per heavy atom. The molecule has 5 rings (SSSR count). The highest BCUT2D eigenvalue weighted by Gasteiger charge is 2.48. The SMILES string of the molecule is N#Cc1ccnc(N2C(=O)CCC2C(=O)N(c2cc(F)cc(F)c2)[C@H](C(=O)NC2CC(F)(F)C2)c2ccccc2F)c1. The maximum absolute atomic E-state index is 15.2. The Morgan fingerprint density at radius 1 is 1.07 bits per heavy atom. The number of hydrogen-bond acceptors (Lipinski definition) is 5. The van der Waals surface area contributed by atoms with Crippen molar-refractivity contribution in [2.24, 2.45) is 0 Å². The van der Waals surface area contributed by atoms with Crippen LogP contribution >= 0.6 is 0 Å². The minimum atomic E-state index is -3.01. The maximum Gasteiger partial charge on any atom is 0.252 e. The molecule has 1 saturated heterocycles. The first-order valence-electron chi connectivity index (χ1n) is 12.9. The Labute approximate surface area is 236 Å². The molecule has 3 aromatic rings. The van der Waals surface area contributed by atoms with Crippen LogP contribution in [0.5, 0.6) is 0 Å². The van der Waals surface area contributed by atoms with Gasteiger partial charge < -0.3 is 5.32 Å². The van der Waals surface area contributed by atoms with E-state index in [9.17, 15) is 37.2 Å². The standard InChI is InChI=1S/C29H22F5N5O3/c30-17-10-18(31)12-20(11-17)38(28(42)23-5-6-25(40)39(23)24-9-16(15-35)7-8-36-24)26(21-3-1-2-4-22(21)32)27(41)37-19-13-29(33,34)14-19/h1-4,7-12,19,23,26H,5-6,13-14H2,(H,37,41)/t23?,26-/m0/s1. The first kappa shape index (κ1) is 28.7. The largest absolute Gasteiger partial charge is 0.351 e. The quantitative estimate of drug-likeness (QED) is 0.411. The molecule has 1 aromatic heterocycles. The monoisotopic (exact) mass is 583 g/mol. The summed E-state index contributed by atoms with van der Waals surface area (Å²) in [6.45, 7) is 0. The Balaban J connectivity index is 1.63. The number of nitriles is 1. The molecule has 3 amide bonds. The van der Waals surface area contributed by atoms with Gasteiger partial charge in [0.2, 0.25) is 11.8 Å². The molecule has 13 heteroatoms. The molecule has 1 saturated carbocycles. The van der Waals surface area contributed by atoms with Crippen LogP contribution in [0.2, 0.25) is 0 Å². The van der Waals surface area contributed by atoms with E-state index >= 15 is 4.39 Å². The van der Waals surface area contributed by atoms with Crippen LogP contribution < -0.4 is 15.1 Å². The van der Waals surface area contributed by atoms with Crippen molar-refractivity contribution in [1.29, 1.82) is 5.26 Å². The lowest BCUT2D eigenvalue weighted by atomic mass is 9.87. The molecule has 0 bridgehead atoms. The highest BCUT2D eigenvalue weighted by atomic mass is 19.3. The zero-order valence-corrected chi connectivity index (χ0v) is 21.7. The minimum Gasteiger partial charge on any atom is -0.351 e. The van der Waals surface area contributed by atoms with Gasteiger partial charge >= 0.3 is 0 Å². The Hall–Kier alpha value is -4.86. The number of hydrogen-bond donors (Lipinski definition) is 1. The van der Waals surface area contributed by atoms with Crippen LogP contribution in [0, 0.1) is 28.8 Å². The van der Waals surface area contributed by atoms with Gasteiger partial charge in [0.15, 0.2) is 0 Å². The van der Waals surface area contributed by atoms with E-state index in [0.717, 1.165) is 23.1 Å². The number of nitrogens with one attached hydrogen (secondary N) is 1. The Kier molecular flexibility index (Phi) is 7.64. The van der Waals surface area contributed by atoms with E-state index in [2.05, 4.69) is 10.3 Å². The first-order valence-corrected chi connectivity index (χ1v) is 12.9. The zero-order chi connectivity index (χ0) is 30.2. The molecule has 1 aliphatic heterocycles. The summed E-state index contributed by atoms with van der Waals surface area (Å²) in [6.07, 6.45) is -0.363. The van der Waals surface area contributed by atoms with Crippen LogP contribution in [0.1, 0.15) is 42.9 Å². The van der Waals surface area contributed by atoms with E-state index in [1.165, 1.54) is 36.5 Å². The van der Waals surface area contributed by atoms with Crippen molar-refractivity contribution in [3.63, 3.8) is 0 Å². The number of nitrogens with zero attached hydrogens (tertiary/aromatic N) is 4. The van der Waals surface area contributed by atoms with Crippen LogP contribution in [-0.4, -0.2) is 40.7 Å². The fourth-order valence-electron chi connectivity index (χ4n) is 5.20. The molecule has 2 heterocycles. The van der Waals surface area contributed by atoms with Gasteiger partial charge in [-0.2, -0.15) is 5.26 Å². The molecule has 2 atom stereocenters. The molecule has 1 N–H and O–H groups in total. The third kappa shape index (κ3) is 5.65. The summed E-state index contributed by atoms with van der Waals surface area (Å²) >= 11 is 0. The van der Waals surface area contributed by atoms with E-state index < -0.39 is 77.8 Å². The van der Waals surface area contributed by atoms with Crippen LogP contribution in [0.4, 0.5) is 33.5 Å². The van der Waals surface area contributed by atoms with Gasteiger partial charge in [0.1, 0.15) is 35.4 Å². The highest BCUT2D eigenvalue weighted by Crippen LogP contribution is 2.39. The first-order chi connectivity index (χ1) is 20.0. The second kappa shape index (κ2) is 11.2. The molecule has 1 unspecified atom stereocenters. The average molecular weight is 584 g/mol. The van der Waals surface area contributed by atoms with E-state index in [1.54, 1.807) is 0 Å². The maximum atomic E-state index is 15.2. The third-order valence-electron chi connectivity index (χ3n) is 7.12. The van der Waals surface area contributed by atoms with Gasteiger partial charge in [0.25, 0.3) is 11.8 Å². The van der Waals surface area contributed by atoms with E-state index in [0.29, 0.717) is 11.0 Å². The molecule has 42 heavy (non-hydrogen) atoms. The lowest BCUT2D eigenvalue weighted by molar-refractivity contribution is -0.133. The molecule has 0 radical (unpaired) electrons. The number of aromatic nitrogens is 1. The number of halogens is 5. The average Bonchev–Trinajstić information content (AvgIpc) is 3.31. The van der Waals surface area contributed by atoms with Crippen molar-refractivity contribution in [2.75, 3.05) is 9.80 Å². The highest BCUT2D eigenvalue weighted by molar-refractivity contribution is 6.10. The molecule has 2 aromatic carbocycles. The van der Waals surface area contributed by atoms with Crippen LogP contribution in [-0.2, 0) is 14.4 Å². The molecule has 8 nitrogen and oxygen atoms in total. The second-order valence-corrected chi connectivity index (χ2v) is 10.1. The summed E-state index contributed by atoms with van der Waals surface area (Å²) in [5, 5.41) is 11.7. The van der Waals surface area contributed by atoms with Crippen molar-refractivity contribution in [1.82, 2.24) is 10.3 Å². The molecule has 2 aliphatic rings. The van der Waals surface area contributed by atoms with Gasteiger partial charge in [-0.15, -0.1) is 0 Å². The summed E-state index contributed by atoms with van der Waals surface area (Å²) in [7, 11) is 0. The van der Waals surface area contributed by atoms with Gasteiger partial charge in [-0.25, -0.2) is 26.9 Å². The molecule has 216 valence electrons. The number of benzene rings is 2. The van der Waals surface area contributed by atoms with Crippen LogP contribution in [0.3, 0.4) is 0 Å². The minimum absolute atomic E-state index is 0.0520. The number of rotatable bonds is 7. The summed E-state index contributed by atoms with van der Waals surface area (Å²) in [4.78, 5) is 46.7. The summed E-state index contributed by atoms with van der Waals surface area (Å²) in [5.74, 6) is -8.88. The van der Waals surface area contributed by atoms with Crippen molar-refractivity contribution < 1.29 is 36.3 Å². The normalized spacial score (nSPS) is 18.6. The lowest BCUT2D eigenvalue weighted by Gasteiger charge is -2.39.